The van der Waals surface area contributed by atoms with Gasteiger partial charge in [-0.15, -0.1) is 0 Å². The summed E-state index contributed by atoms with van der Waals surface area (Å²) in [4.78, 5) is 12.3. The number of nitrogens with one attached hydrogen (secondary N) is 1. The number of methoxy groups -OCH3 is 1. The molecule has 1 aliphatic carbocycles. The molecule has 2 aromatic rings. The molecule has 1 N–H and O–H groups in total. The monoisotopic (exact) mass is 231 g/mol. The first-order valence-electron chi connectivity index (χ1n) is 6.18. The minimum Gasteiger partial charge on any atom is -0.481 e. The highest BCUT2D eigenvalue weighted by Gasteiger charge is 2.27. The molecule has 3 rings (SSSR count). The fourth-order valence-electron chi connectivity index (χ4n) is 2.73. The first-order chi connectivity index (χ1) is 8.28. The second-order valence-corrected chi connectivity index (χ2v) is 4.86. The maximum absolute atomic E-state index is 5.11. The van der Waals surface area contributed by atoms with E-state index in [1.165, 1.54) is 19.3 Å². The maximum atomic E-state index is 5.11. The summed E-state index contributed by atoms with van der Waals surface area (Å²) in [5.41, 5.74) is 1.76. The van der Waals surface area contributed by atoms with Crippen molar-refractivity contribution in [1.29, 1.82) is 0 Å². The minimum atomic E-state index is 0.565. The Labute approximate surface area is 100 Å². The quantitative estimate of drug-likeness (QED) is 0.864. The number of fused-ring (bicyclic) bond motifs is 1. The lowest BCUT2D eigenvalue weighted by Crippen LogP contribution is -2.03. The number of aromatic nitrogens is 3. The van der Waals surface area contributed by atoms with Crippen LogP contribution < -0.4 is 4.74 Å². The van der Waals surface area contributed by atoms with E-state index in [9.17, 15) is 0 Å². The van der Waals surface area contributed by atoms with E-state index >= 15 is 0 Å². The van der Waals surface area contributed by atoms with E-state index in [0.717, 1.165) is 22.9 Å². The molecule has 2 aromatic heterocycles. The van der Waals surface area contributed by atoms with Gasteiger partial charge in [0.2, 0.25) is 5.88 Å². The summed E-state index contributed by atoms with van der Waals surface area (Å²) >= 11 is 0. The SMILES string of the molecule is COc1ccc2[nH]c(C3CCCC3C)nc2n1. The summed E-state index contributed by atoms with van der Waals surface area (Å²) in [6.45, 7) is 2.30. The Morgan fingerprint density at radius 2 is 2.18 bits per heavy atom. The Bertz CT molecular complexity index is 534. The molecular weight excluding hydrogens is 214 g/mol. The van der Waals surface area contributed by atoms with E-state index in [1.807, 2.05) is 12.1 Å². The Hall–Kier alpha value is -1.58. The third-order valence-corrected chi connectivity index (χ3v) is 3.76. The van der Waals surface area contributed by atoms with Crippen molar-refractivity contribution in [3.05, 3.63) is 18.0 Å². The third-order valence-electron chi connectivity index (χ3n) is 3.76. The average Bonchev–Trinajstić information content (AvgIpc) is 2.93. The van der Waals surface area contributed by atoms with Gasteiger partial charge in [0.25, 0.3) is 0 Å². The van der Waals surface area contributed by atoms with Crippen molar-refractivity contribution in [2.24, 2.45) is 5.92 Å². The lowest BCUT2D eigenvalue weighted by molar-refractivity contribution is 0.399. The highest BCUT2D eigenvalue weighted by atomic mass is 16.5. The second kappa shape index (κ2) is 4.02. The van der Waals surface area contributed by atoms with Crippen molar-refractivity contribution in [2.75, 3.05) is 7.11 Å². The zero-order valence-corrected chi connectivity index (χ0v) is 10.2. The average molecular weight is 231 g/mol. The number of imidazole rings is 1. The summed E-state index contributed by atoms with van der Waals surface area (Å²) in [7, 11) is 1.63. The van der Waals surface area contributed by atoms with Gasteiger partial charge in [-0.25, -0.2) is 4.98 Å². The fourth-order valence-corrected chi connectivity index (χ4v) is 2.73. The van der Waals surface area contributed by atoms with Crippen LogP contribution in [0, 0.1) is 5.92 Å². The number of rotatable bonds is 2. The zero-order chi connectivity index (χ0) is 11.8. The molecule has 4 heteroatoms. The van der Waals surface area contributed by atoms with Crippen molar-refractivity contribution in [3.8, 4) is 5.88 Å². The van der Waals surface area contributed by atoms with Gasteiger partial charge in [-0.2, -0.15) is 4.98 Å². The molecule has 0 aliphatic heterocycles. The molecule has 0 aromatic carbocycles. The van der Waals surface area contributed by atoms with Gasteiger partial charge in [0.15, 0.2) is 5.65 Å². The van der Waals surface area contributed by atoms with Crippen molar-refractivity contribution in [1.82, 2.24) is 15.0 Å². The predicted octanol–water partition coefficient (Wildman–Crippen LogP) is 2.87. The number of hydrogen-bond acceptors (Lipinski definition) is 3. The molecule has 2 heterocycles. The largest absolute Gasteiger partial charge is 0.481 e. The number of nitrogens with zero attached hydrogens (tertiary/aromatic N) is 2. The van der Waals surface area contributed by atoms with E-state index in [2.05, 4.69) is 21.9 Å². The van der Waals surface area contributed by atoms with Crippen LogP contribution in [0.1, 0.15) is 37.9 Å². The molecule has 0 bridgehead atoms. The molecule has 17 heavy (non-hydrogen) atoms. The Kier molecular flexibility index (Phi) is 2.50. The van der Waals surface area contributed by atoms with Gasteiger partial charge in [-0.1, -0.05) is 13.3 Å². The summed E-state index contributed by atoms with van der Waals surface area (Å²) in [5.74, 6) is 2.99. The summed E-state index contributed by atoms with van der Waals surface area (Å²) in [5, 5.41) is 0. The number of hydrogen-bond donors (Lipinski definition) is 1. The third kappa shape index (κ3) is 1.77. The lowest BCUT2D eigenvalue weighted by Gasteiger charge is -2.11. The van der Waals surface area contributed by atoms with E-state index < -0.39 is 0 Å². The number of ether oxygens (including phenoxy) is 1. The predicted molar refractivity (Wildman–Crippen MR) is 66.2 cm³/mol. The topological polar surface area (TPSA) is 50.8 Å². The molecule has 0 amide bonds. The van der Waals surface area contributed by atoms with Crippen LogP contribution in [-0.4, -0.2) is 22.1 Å². The fraction of sp³-hybridized carbons (Fsp3) is 0.538. The van der Waals surface area contributed by atoms with Crippen LogP contribution in [0.4, 0.5) is 0 Å². The minimum absolute atomic E-state index is 0.565. The standard InChI is InChI=1S/C13H17N3O/c1-8-4-3-5-9(8)12-14-10-6-7-11(17-2)15-13(10)16-12/h6-9H,3-5H2,1-2H3,(H,14,15,16). The Morgan fingerprint density at radius 1 is 1.29 bits per heavy atom. The van der Waals surface area contributed by atoms with Gasteiger partial charge in [-0.05, 0) is 24.8 Å². The van der Waals surface area contributed by atoms with Gasteiger partial charge in [0, 0.05) is 12.0 Å². The first kappa shape index (κ1) is 10.6. The molecule has 2 atom stereocenters. The smallest absolute Gasteiger partial charge is 0.215 e. The molecule has 1 aliphatic rings. The van der Waals surface area contributed by atoms with E-state index in [-0.39, 0.29) is 0 Å². The second-order valence-electron chi connectivity index (χ2n) is 4.86. The molecule has 1 saturated carbocycles. The van der Waals surface area contributed by atoms with Crippen LogP contribution in [0.5, 0.6) is 5.88 Å². The molecule has 2 unspecified atom stereocenters. The van der Waals surface area contributed by atoms with Crippen LogP contribution in [0.15, 0.2) is 12.1 Å². The van der Waals surface area contributed by atoms with Gasteiger partial charge < -0.3 is 9.72 Å². The molecule has 0 radical (unpaired) electrons. The molecule has 90 valence electrons. The van der Waals surface area contributed by atoms with Crippen molar-refractivity contribution in [3.63, 3.8) is 0 Å². The van der Waals surface area contributed by atoms with Crippen molar-refractivity contribution >= 4 is 11.2 Å². The molecule has 0 saturated heterocycles. The Balaban J connectivity index is 2.01. The van der Waals surface area contributed by atoms with Crippen LogP contribution in [0.3, 0.4) is 0 Å². The number of H-pyrrole nitrogens is 1. The highest BCUT2D eigenvalue weighted by Crippen LogP contribution is 2.38. The van der Waals surface area contributed by atoms with Crippen molar-refractivity contribution in [2.45, 2.75) is 32.1 Å². The molecule has 1 fully saturated rings. The normalized spacial score (nSPS) is 24.4. The van der Waals surface area contributed by atoms with E-state index in [4.69, 9.17) is 4.74 Å². The van der Waals surface area contributed by atoms with Crippen molar-refractivity contribution < 1.29 is 4.74 Å². The van der Waals surface area contributed by atoms with E-state index in [0.29, 0.717) is 11.8 Å². The van der Waals surface area contributed by atoms with Crippen LogP contribution in [0.25, 0.3) is 11.2 Å². The molecular formula is C13H17N3O. The molecule has 0 spiro atoms. The van der Waals surface area contributed by atoms with Crippen LogP contribution >= 0.6 is 0 Å². The van der Waals surface area contributed by atoms with E-state index in [1.54, 1.807) is 7.11 Å². The Morgan fingerprint density at radius 3 is 2.88 bits per heavy atom. The van der Waals surface area contributed by atoms with Gasteiger partial charge >= 0.3 is 0 Å². The summed E-state index contributed by atoms with van der Waals surface area (Å²) in [6.07, 6.45) is 3.84. The maximum Gasteiger partial charge on any atom is 0.215 e. The number of aromatic amines is 1. The summed E-state index contributed by atoms with van der Waals surface area (Å²) in [6, 6.07) is 3.85. The lowest BCUT2D eigenvalue weighted by atomic mass is 9.98. The first-order valence-corrected chi connectivity index (χ1v) is 6.18. The van der Waals surface area contributed by atoms with Crippen LogP contribution in [0.2, 0.25) is 0 Å². The zero-order valence-electron chi connectivity index (χ0n) is 10.2. The molecule has 4 nitrogen and oxygen atoms in total. The van der Waals surface area contributed by atoms with Gasteiger partial charge in [0.05, 0.1) is 12.6 Å². The highest BCUT2D eigenvalue weighted by molar-refractivity contribution is 5.71. The number of pyridine rings is 1. The van der Waals surface area contributed by atoms with Crippen LogP contribution in [-0.2, 0) is 0 Å². The summed E-state index contributed by atoms with van der Waals surface area (Å²) < 4.78 is 5.11. The van der Waals surface area contributed by atoms with Gasteiger partial charge in [0.1, 0.15) is 5.82 Å². The van der Waals surface area contributed by atoms with Gasteiger partial charge in [-0.3, -0.25) is 0 Å².